The third-order valence-electron chi connectivity index (χ3n) is 2.26. The molecule has 0 amide bonds. The van der Waals surface area contributed by atoms with E-state index < -0.39 is 24.5 Å². The van der Waals surface area contributed by atoms with E-state index in [-0.39, 0.29) is 12.8 Å². The Morgan fingerprint density at radius 1 is 1.35 bits per heavy atom. The molecule has 0 bridgehead atoms. The summed E-state index contributed by atoms with van der Waals surface area (Å²) >= 11 is 0. The van der Waals surface area contributed by atoms with Gasteiger partial charge in [0.1, 0.15) is 5.82 Å². The lowest BCUT2D eigenvalue weighted by Gasteiger charge is -2.15. The van der Waals surface area contributed by atoms with Crippen LogP contribution in [-0.2, 0) is 0 Å². The van der Waals surface area contributed by atoms with Crippen molar-refractivity contribution in [2.75, 3.05) is 0 Å². The predicted octanol–water partition coefficient (Wildman–Crippen LogP) is 2.46. The van der Waals surface area contributed by atoms with E-state index in [1.165, 1.54) is 12.1 Å². The highest BCUT2D eigenvalue weighted by Gasteiger charge is 2.26. The first-order valence-corrected chi connectivity index (χ1v) is 5.06. The summed E-state index contributed by atoms with van der Waals surface area (Å²) < 4.78 is 48.4. The molecule has 0 spiro atoms. The molecule has 0 aliphatic heterocycles. The quantitative estimate of drug-likeness (QED) is 0.480. The molecule has 1 atom stereocenters. The number of hydrogen-bond donors (Lipinski definition) is 2. The molecule has 7 heteroatoms. The topological polar surface area (TPSA) is 50.9 Å². The number of nitrogens with zero attached hydrogens (tertiary/aromatic N) is 1. The van der Waals surface area contributed by atoms with Crippen molar-refractivity contribution in [2.45, 2.75) is 31.5 Å². The van der Waals surface area contributed by atoms with Crippen molar-refractivity contribution in [1.82, 2.24) is 10.4 Å². The lowest BCUT2D eigenvalue weighted by atomic mass is 10.1. The number of hydrogen-bond acceptors (Lipinski definition) is 3. The van der Waals surface area contributed by atoms with Crippen molar-refractivity contribution >= 4 is 0 Å². The summed E-state index contributed by atoms with van der Waals surface area (Å²) in [5.74, 6) is 4.73. The van der Waals surface area contributed by atoms with E-state index >= 15 is 0 Å². The van der Waals surface area contributed by atoms with Gasteiger partial charge in [-0.1, -0.05) is 0 Å². The highest BCUT2D eigenvalue weighted by atomic mass is 19.4. The lowest BCUT2D eigenvalue weighted by Crippen LogP contribution is -2.29. The van der Waals surface area contributed by atoms with Crippen LogP contribution in [0.1, 0.15) is 31.0 Å². The minimum atomic E-state index is -4.17. The second-order valence-electron chi connectivity index (χ2n) is 3.63. The molecular weight excluding hydrogens is 238 g/mol. The minimum absolute atomic E-state index is 0.0581. The third kappa shape index (κ3) is 5.10. The van der Waals surface area contributed by atoms with Crippen LogP contribution >= 0.6 is 0 Å². The fourth-order valence-electron chi connectivity index (χ4n) is 1.42. The Balaban J connectivity index is 2.51. The van der Waals surface area contributed by atoms with Crippen molar-refractivity contribution in [1.29, 1.82) is 0 Å². The highest BCUT2D eigenvalue weighted by molar-refractivity contribution is 5.09. The molecule has 1 rings (SSSR count). The molecule has 96 valence electrons. The van der Waals surface area contributed by atoms with E-state index in [0.29, 0.717) is 5.69 Å². The van der Waals surface area contributed by atoms with Gasteiger partial charge in [0.25, 0.3) is 0 Å². The Labute approximate surface area is 96.0 Å². The van der Waals surface area contributed by atoms with Crippen LogP contribution in [0.15, 0.2) is 18.3 Å². The highest BCUT2D eigenvalue weighted by Crippen LogP contribution is 2.25. The number of halogens is 4. The van der Waals surface area contributed by atoms with Gasteiger partial charge in [-0.05, 0) is 25.0 Å². The van der Waals surface area contributed by atoms with Gasteiger partial charge in [0.05, 0.1) is 17.9 Å². The van der Waals surface area contributed by atoms with Gasteiger partial charge in [0.2, 0.25) is 0 Å². The summed E-state index contributed by atoms with van der Waals surface area (Å²) in [5.41, 5.74) is 2.80. The lowest BCUT2D eigenvalue weighted by molar-refractivity contribution is -0.135. The zero-order chi connectivity index (χ0) is 12.9. The van der Waals surface area contributed by atoms with Gasteiger partial charge in [-0.25, -0.2) is 4.39 Å². The van der Waals surface area contributed by atoms with Crippen molar-refractivity contribution < 1.29 is 17.6 Å². The van der Waals surface area contributed by atoms with Gasteiger partial charge >= 0.3 is 6.18 Å². The van der Waals surface area contributed by atoms with E-state index in [0.717, 1.165) is 6.20 Å². The summed E-state index contributed by atoms with van der Waals surface area (Å²) in [6.45, 7) is 0. The fraction of sp³-hybridized carbons (Fsp3) is 0.500. The standard InChI is InChI=1S/C10H13F4N3/c11-7-3-4-8(16-6-7)9(17-15)2-1-5-10(12,13)14/h3-4,6,9,17H,1-2,5,15H2. The molecule has 0 saturated carbocycles. The Morgan fingerprint density at radius 3 is 2.53 bits per heavy atom. The van der Waals surface area contributed by atoms with Crippen LogP contribution < -0.4 is 11.3 Å². The number of aromatic nitrogens is 1. The maximum Gasteiger partial charge on any atom is 0.389 e. The molecular formula is C10H13F4N3. The van der Waals surface area contributed by atoms with Crippen LogP contribution in [0.2, 0.25) is 0 Å². The normalized spacial score (nSPS) is 13.7. The minimum Gasteiger partial charge on any atom is -0.271 e. The maximum absolute atomic E-state index is 12.6. The summed E-state index contributed by atoms with van der Waals surface area (Å²) in [7, 11) is 0. The van der Waals surface area contributed by atoms with E-state index in [4.69, 9.17) is 5.84 Å². The number of alkyl halides is 3. The summed E-state index contributed by atoms with van der Waals surface area (Å²) in [6, 6.07) is 2.09. The van der Waals surface area contributed by atoms with Gasteiger partial charge in [0, 0.05) is 6.42 Å². The zero-order valence-corrected chi connectivity index (χ0v) is 8.97. The summed E-state index contributed by atoms with van der Waals surface area (Å²) in [5, 5.41) is 0. The van der Waals surface area contributed by atoms with Gasteiger partial charge in [-0.3, -0.25) is 16.3 Å². The van der Waals surface area contributed by atoms with Crippen molar-refractivity contribution in [3.05, 3.63) is 29.8 Å². The molecule has 3 N–H and O–H groups in total. The van der Waals surface area contributed by atoms with Crippen LogP contribution in [0.4, 0.5) is 17.6 Å². The Morgan fingerprint density at radius 2 is 2.06 bits per heavy atom. The van der Waals surface area contributed by atoms with E-state index in [1.54, 1.807) is 0 Å². The molecule has 3 nitrogen and oxygen atoms in total. The summed E-state index contributed by atoms with van der Waals surface area (Å²) in [4.78, 5) is 3.77. The smallest absolute Gasteiger partial charge is 0.271 e. The molecule has 1 aromatic heterocycles. The molecule has 0 saturated heterocycles. The van der Waals surface area contributed by atoms with Crippen LogP contribution in [-0.4, -0.2) is 11.2 Å². The Kier molecular flexibility index (Phi) is 4.83. The van der Waals surface area contributed by atoms with Crippen LogP contribution in [0, 0.1) is 5.82 Å². The monoisotopic (exact) mass is 251 g/mol. The predicted molar refractivity (Wildman–Crippen MR) is 54.2 cm³/mol. The second-order valence-corrected chi connectivity index (χ2v) is 3.63. The number of nitrogens with two attached hydrogens (primary N) is 1. The van der Waals surface area contributed by atoms with Crippen LogP contribution in [0.3, 0.4) is 0 Å². The molecule has 0 aromatic carbocycles. The van der Waals surface area contributed by atoms with Crippen molar-refractivity contribution in [2.24, 2.45) is 5.84 Å². The van der Waals surface area contributed by atoms with E-state index in [2.05, 4.69) is 10.4 Å². The van der Waals surface area contributed by atoms with E-state index in [1.807, 2.05) is 0 Å². The first-order chi connectivity index (χ1) is 7.92. The number of pyridine rings is 1. The number of hydrazine groups is 1. The van der Waals surface area contributed by atoms with Crippen molar-refractivity contribution in [3.63, 3.8) is 0 Å². The molecule has 17 heavy (non-hydrogen) atoms. The first kappa shape index (κ1) is 13.9. The van der Waals surface area contributed by atoms with Crippen molar-refractivity contribution in [3.8, 4) is 0 Å². The second kappa shape index (κ2) is 5.92. The third-order valence-corrected chi connectivity index (χ3v) is 2.26. The largest absolute Gasteiger partial charge is 0.389 e. The zero-order valence-electron chi connectivity index (χ0n) is 8.97. The average Bonchev–Trinajstić information content (AvgIpc) is 2.24. The maximum atomic E-state index is 12.6. The Hall–Kier alpha value is -1.21. The molecule has 1 heterocycles. The van der Waals surface area contributed by atoms with Gasteiger partial charge < -0.3 is 0 Å². The Bertz CT molecular complexity index is 336. The molecule has 0 aliphatic rings. The summed E-state index contributed by atoms with van der Waals surface area (Å²) in [6.07, 6.45) is -3.91. The van der Waals surface area contributed by atoms with Crippen LogP contribution in [0.25, 0.3) is 0 Å². The number of rotatable bonds is 5. The molecule has 1 unspecified atom stereocenters. The van der Waals surface area contributed by atoms with Gasteiger partial charge in [-0.15, -0.1) is 0 Å². The van der Waals surface area contributed by atoms with Crippen LogP contribution in [0.5, 0.6) is 0 Å². The average molecular weight is 251 g/mol. The van der Waals surface area contributed by atoms with Gasteiger partial charge in [0.15, 0.2) is 0 Å². The molecule has 0 fully saturated rings. The molecule has 0 aliphatic carbocycles. The van der Waals surface area contributed by atoms with E-state index in [9.17, 15) is 17.6 Å². The SMILES string of the molecule is NNC(CCCC(F)(F)F)c1ccc(F)cn1. The first-order valence-electron chi connectivity index (χ1n) is 5.06. The van der Waals surface area contributed by atoms with Gasteiger partial charge in [-0.2, -0.15) is 13.2 Å². The molecule has 1 aromatic rings. The number of nitrogens with one attached hydrogen (secondary N) is 1. The fourth-order valence-corrected chi connectivity index (χ4v) is 1.42. The molecule has 0 radical (unpaired) electrons.